The molecule has 0 amide bonds. The Kier molecular flexibility index (Phi) is 8.06. The fourth-order valence-corrected chi connectivity index (χ4v) is 5.49. The summed E-state index contributed by atoms with van der Waals surface area (Å²) in [5.74, 6) is -2.10. The van der Waals surface area contributed by atoms with Crippen molar-refractivity contribution in [3.05, 3.63) is 76.9 Å². The number of sulfone groups is 1. The molecule has 0 aliphatic carbocycles. The van der Waals surface area contributed by atoms with Gasteiger partial charge in [-0.05, 0) is 41.8 Å². The van der Waals surface area contributed by atoms with Crippen molar-refractivity contribution >= 4 is 27.4 Å². The summed E-state index contributed by atoms with van der Waals surface area (Å²) in [6.45, 7) is 4.72. The van der Waals surface area contributed by atoms with Crippen LogP contribution in [0.3, 0.4) is 0 Å². The van der Waals surface area contributed by atoms with Crippen molar-refractivity contribution in [3.63, 3.8) is 0 Å². The number of nitrogens with zero attached hydrogens (tertiary/aromatic N) is 4. The number of benzene rings is 2. The number of carbonyl (C=O) groups is 1. The topological polar surface area (TPSA) is 104 Å². The third kappa shape index (κ3) is 6.35. The molecule has 3 aromatic rings. The van der Waals surface area contributed by atoms with Gasteiger partial charge in [-0.25, -0.2) is 27.6 Å². The Bertz CT molecular complexity index is 1510. The normalized spacial score (nSPS) is 16.4. The number of piperazine rings is 1. The highest BCUT2D eigenvalue weighted by Crippen LogP contribution is 2.34. The van der Waals surface area contributed by atoms with E-state index < -0.39 is 38.4 Å². The summed E-state index contributed by atoms with van der Waals surface area (Å²) in [5.41, 5.74) is -0.209. The molecule has 2 heterocycles. The standard InChI is InChI=1S/C27H28F4N4O4S/c1-16(2)22-15-34(20-8-9-21(28)23(13-20)40(3,38)39)10-11-35(22)26-32-14-19(24(33-26)27(29,30)31)12-17-4-6-18(7-5-17)25(36)37/h4-9,13-14,16,22H,10-12,15H2,1-3H3,(H,36,37)/t22-/m0/s1. The molecule has 0 unspecified atom stereocenters. The first-order valence-corrected chi connectivity index (χ1v) is 14.3. The Labute approximate surface area is 229 Å². The van der Waals surface area contributed by atoms with Crippen LogP contribution in [0.1, 0.15) is 41.0 Å². The smallest absolute Gasteiger partial charge is 0.433 e. The fraction of sp³-hybridized carbons (Fsp3) is 0.370. The maximum Gasteiger partial charge on any atom is 0.433 e. The van der Waals surface area contributed by atoms with E-state index in [9.17, 15) is 30.8 Å². The van der Waals surface area contributed by atoms with E-state index in [0.717, 1.165) is 18.5 Å². The predicted octanol–water partition coefficient (Wildman–Crippen LogP) is 4.68. The Balaban J connectivity index is 1.63. The zero-order chi connectivity index (χ0) is 29.4. The highest BCUT2D eigenvalue weighted by Gasteiger charge is 2.38. The lowest BCUT2D eigenvalue weighted by molar-refractivity contribution is -0.141. The number of aromatic nitrogens is 2. The SMILES string of the molecule is CC(C)[C@@H]1CN(c2ccc(F)c(S(C)(=O)=O)c2)CCN1c1ncc(Cc2ccc(C(=O)O)cc2)c(C(F)(F)F)n1. The molecular weight excluding hydrogens is 552 g/mol. The van der Waals surface area contributed by atoms with Crippen LogP contribution in [0.2, 0.25) is 0 Å². The van der Waals surface area contributed by atoms with Crippen molar-refractivity contribution in [1.29, 1.82) is 0 Å². The van der Waals surface area contributed by atoms with Crippen molar-refractivity contribution in [2.45, 2.75) is 37.4 Å². The Morgan fingerprint density at radius 3 is 2.38 bits per heavy atom. The molecule has 40 heavy (non-hydrogen) atoms. The number of carboxylic acids is 1. The number of anilines is 2. The molecule has 1 aromatic heterocycles. The van der Waals surface area contributed by atoms with E-state index in [4.69, 9.17) is 5.11 Å². The average Bonchev–Trinajstić information content (AvgIpc) is 2.88. The van der Waals surface area contributed by atoms with Gasteiger partial charge in [0.05, 0.1) is 11.6 Å². The van der Waals surface area contributed by atoms with Crippen LogP contribution in [0, 0.1) is 11.7 Å². The number of halogens is 4. The van der Waals surface area contributed by atoms with E-state index >= 15 is 0 Å². The third-order valence-corrected chi connectivity index (χ3v) is 7.95. The van der Waals surface area contributed by atoms with Gasteiger partial charge < -0.3 is 14.9 Å². The Morgan fingerprint density at radius 1 is 1.12 bits per heavy atom. The van der Waals surface area contributed by atoms with E-state index in [0.29, 0.717) is 24.3 Å². The van der Waals surface area contributed by atoms with Gasteiger partial charge in [-0.15, -0.1) is 0 Å². The lowest BCUT2D eigenvalue weighted by atomic mass is 9.99. The molecule has 1 aliphatic rings. The minimum Gasteiger partial charge on any atom is -0.478 e. The van der Waals surface area contributed by atoms with Crippen molar-refractivity contribution in [2.75, 3.05) is 35.7 Å². The van der Waals surface area contributed by atoms with Gasteiger partial charge in [0.1, 0.15) is 10.7 Å². The van der Waals surface area contributed by atoms with Crippen LogP contribution in [-0.4, -0.2) is 61.4 Å². The number of rotatable bonds is 7. The van der Waals surface area contributed by atoms with E-state index in [2.05, 4.69) is 9.97 Å². The lowest BCUT2D eigenvalue weighted by Crippen LogP contribution is -2.56. The summed E-state index contributed by atoms with van der Waals surface area (Å²) in [6.07, 6.45) is -2.81. The molecule has 0 saturated carbocycles. The van der Waals surface area contributed by atoms with Crippen LogP contribution in [0.15, 0.2) is 53.6 Å². The molecule has 0 bridgehead atoms. The first-order chi connectivity index (χ1) is 18.6. The first kappa shape index (κ1) is 29.2. The molecular formula is C27H28F4N4O4S. The molecule has 1 saturated heterocycles. The monoisotopic (exact) mass is 580 g/mol. The summed E-state index contributed by atoms with van der Waals surface area (Å²) in [6, 6.07) is 9.08. The third-order valence-electron chi connectivity index (χ3n) is 6.84. The maximum atomic E-state index is 14.1. The minimum absolute atomic E-state index is 0.0263. The number of carboxylic acid groups (broad SMARTS) is 1. The molecule has 2 aromatic carbocycles. The van der Waals surface area contributed by atoms with E-state index in [1.807, 2.05) is 18.7 Å². The van der Waals surface area contributed by atoms with Crippen molar-refractivity contribution in [1.82, 2.24) is 9.97 Å². The molecule has 1 fully saturated rings. The van der Waals surface area contributed by atoms with Gasteiger partial charge in [0.15, 0.2) is 15.5 Å². The van der Waals surface area contributed by atoms with Gasteiger partial charge in [-0.1, -0.05) is 26.0 Å². The zero-order valence-corrected chi connectivity index (χ0v) is 22.8. The van der Waals surface area contributed by atoms with Crippen molar-refractivity contribution in [2.24, 2.45) is 5.92 Å². The second kappa shape index (κ2) is 11.0. The first-order valence-electron chi connectivity index (χ1n) is 12.4. The summed E-state index contributed by atoms with van der Waals surface area (Å²) >= 11 is 0. The zero-order valence-electron chi connectivity index (χ0n) is 22.0. The molecule has 0 spiro atoms. The van der Waals surface area contributed by atoms with Gasteiger partial charge >= 0.3 is 12.1 Å². The van der Waals surface area contributed by atoms with Gasteiger partial charge in [-0.3, -0.25) is 0 Å². The molecule has 0 radical (unpaired) electrons. The van der Waals surface area contributed by atoms with Crippen LogP contribution in [0.25, 0.3) is 0 Å². The predicted molar refractivity (Wildman–Crippen MR) is 141 cm³/mol. The summed E-state index contributed by atoms with van der Waals surface area (Å²) in [4.78, 5) is 22.5. The number of alkyl halides is 3. The molecule has 214 valence electrons. The van der Waals surface area contributed by atoms with Gasteiger partial charge in [-0.2, -0.15) is 13.2 Å². The summed E-state index contributed by atoms with van der Waals surface area (Å²) < 4.78 is 80.4. The van der Waals surface area contributed by atoms with Crippen molar-refractivity contribution in [3.8, 4) is 0 Å². The second-order valence-electron chi connectivity index (χ2n) is 10.1. The minimum atomic E-state index is -4.75. The van der Waals surface area contributed by atoms with Crippen molar-refractivity contribution < 1.29 is 35.9 Å². The molecule has 13 heteroatoms. The van der Waals surface area contributed by atoms with E-state index in [1.165, 1.54) is 36.4 Å². The van der Waals surface area contributed by atoms with Crippen LogP contribution < -0.4 is 9.80 Å². The van der Waals surface area contributed by atoms with E-state index in [-0.39, 0.29) is 42.0 Å². The van der Waals surface area contributed by atoms with Crippen LogP contribution in [-0.2, 0) is 22.4 Å². The molecule has 8 nitrogen and oxygen atoms in total. The van der Waals surface area contributed by atoms with Gasteiger partial charge in [0.25, 0.3) is 0 Å². The average molecular weight is 581 g/mol. The quantitative estimate of drug-likeness (QED) is 0.402. The molecule has 4 rings (SSSR count). The maximum absolute atomic E-state index is 14.1. The largest absolute Gasteiger partial charge is 0.478 e. The van der Waals surface area contributed by atoms with Crippen LogP contribution in [0.5, 0.6) is 0 Å². The second-order valence-corrected chi connectivity index (χ2v) is 12.0. The summed E-state index contributed by atoms with van der Waals surface area (Å²) in [7, 11) is -3.79. The molecule has 1 atom stereocenters. The van der Waals surface area contributed by atoms with Crippen LogP contribution >= 0.6 is 0 Å². The number of hydrogen-bond donors (Lipinski definition) is 1. The highest BCUT2D eigenvalue weighted by molar-refractivity contribution is 7.90. The Morgan fingerprint density at radius 2 is 1.80 bits per heavy atom. The molecule has 1 aliphatic heterocycles. The van der Waals surface area contributed by atoms with Gasteiger partial charge in [0, 0.05) is 49.8 Å². The van der Waals surface area contributed by atoms with Crippen LogP contribution in [0.4, 0.5) is 29.2 Å². The van der Waals surface area contributed by atoms with Gasteiger partial charge in [0.2, 0.25) is 5.95 Å². The van der Waals surface area contributed by atoms with E-state index in [1.54, 1.807) is 4.90 Å². The number of aromatic carboxylic acids is 1. The summed E-state index contributed by atoms with van der Waals surface area (Å²) in [5, 5.41) is 9.05. The fourth-order valence-electron chi connectivity index (χ4n) is 4.73. The lowest BCUT2D eigenvalue weighted by Gasteiger charge is -2.44. The molecule has 1 N–H and O–H groups in total. The Hall–Kier alpha value is -3.74. The highest BCUT2D eigenvalue weighted by atomic mass is 32.2. The number of hydrogen-bond acceptors (Lipinski definition) is 7.